The molecule has 0 bridgehead atoms. The molecule has 0 heterocycles. The van der Waals surface area contributed by atoms with Gasteiger partial charge in [-0.25, -0.2) is 4.39 Å². The Morgan fingerprint density at radius 3 is 2.55 bits per heavy atom. The number of carbonyl (C=O) groups excluding carboxylic acids is 1. The van der Waals surface area contributed by atoms with Gasteiger partial charge in [-0.05, 0) is 46.1 Å². The van der Waals surface area contributed by atoms with Crippen LogP contribution in [0, 0.1) is 5.82 Å². The van der Waals surface area contributed by atoms with Crippen LogP contribution < -0.4 is 5.73 Å². The number of benzene rings is 2. The lowest BCUT2D eigenvalue weighted by Crippen LogP contribution is -2.11. The van der Waals surface area contributed by atoms with Crippen LogP contribution in [0.15, 0.2) is 46.9 Å². The van der Waals surface area contributed by atoms with E-state index in [1.54, 1.807) is 18.2 Å². The Balaban J connectivity index is 2.26. The number of rotatable bonds is 5. The van der Waals surface area contributed by atoms with Crippen LogP contribution in [-0.4, -0.2) is 12.3 Å². The Hall–Kier alpha value is -1.52. The Morgan fingerprint density at radius 1 is 1.10 bits per heavy atom. The zero-order chi connectivity index (χ0) is 14.5. The molecule has 0 unspecified atom stereocenters. The zero-order valence-electron chi connectivity index (χ0n) is 10.9. The van der Waals surface area contributed by atoms with E-state index in [1.165, 1.54) is 6.07 Å². The van der Waals surface area contributed by atoms with Gasteiger partial charge in [0.15, 0.2) is 5.78 Å². The molecular formula is C16H15BrFNO. The minimum absolute atomic E-state index is 0.0275. The quantitative estimate of drug-likeness (QED) is 0.849. The van der Waals surface area contributed by atoms with E-state index < -0.39 is 0 Å². The highest BCUT2D eigenvalue weighted by Crippen LogP contribution is 2.22. The predicted molar refractivity (Wildman–Crippen MR) is 81.3 cm³/mol. The molecule has 0 aromatic heterocycles. The molecule has 2 N–H and O–H groups in total. The Kier molecular flexibility index (Phi) is 5.04. The van der Waals surface area contributed by atoms with E-state index in [1.807, 2.05) is 18.2 Å². The molecule has 4 heteroatoms. The highest BCUT2D eigenvalue weighted by Gasteiger charge is 2.14. The monoisotopic (exact) mass is 335 g/mol. The lowest BCUT2D eigenvalue weighted by atomic mass is 9.97. The standard InChI is InChI=1S/C16H15BrFNO/c17-16-12(5-3-7-14(16)18)10-15(20)13-6-2-1-4-11(13)8-9-19/h1-7H,8-10,19H2. The first-order valence-electron chi connectivity index (χ1n) is 6.37. The van der Waals surface area contributed by atoms with Gasteiger partial charge in [-0.2, -0.15) is 0 Å². The summed E-state index contributed by atoms with van der Waals surface area (Å²) in [5.74, 6) is -0.383. The van der Waals surface area contributed by atoms with Gasteiger partial charge >= 0.3 is 0 Å². The van der Waals surface area contributed by atoms with Crippen molar-refractivity contribution in [2.24, 2.45) is 5.73 Å². The average Bonchev–Trinajstić information content (AvgIpc) is 2.45. The largest absolute Gasteiger partial charge is 0.330 e. The minimum atomic E-state index is -0.356. The smallest absolute Gasteiger partial charge is 0.167 e. The highest BCUT2D eigenvalue weighted by molar-refractivity contribution is 9.10. The van der Waals surface area contributed by atoms with Crippen molar-refractivity contribution in [2.75, 3.05) is 6.54 Å². The van der Waals surface area contributed by atoms with Crippen molar-refractivity contribution < 1.29 is 9.18 Å². The van der Waals surface area contributed by atoms with Crippen LogP contribution in [0.4, 0.5) is 4.39 Å². The maximum absolute atomic E-state index is 13.5. The molecule has 0 atom stereocenters. The van der Waals surface area contributed by atoms with Gasteiger partial charge in [-0.15, -0.1) is 0 Å². The predicted octanol–water partition coefficient (Wildman–Crippen LogP) is 3.51. The highest BCUT2D eigenvalue weighted by atomic mass is 79.9. The van der Waals surface area contributed by atoms with Crippen molar-refractivity contribution >= 4 is 21.7 Å². The van der Waals surface area contributed by atoms with Gasteiger partial charge in [-0.1, -0.05) is 36.4 Å². The number of hydrogen-bond acceptors (Lipinski definition) is 2. The SMILES string of the molecule is NCCc1ccccc1C(=O)Cc1cccc(F)c1Br. The summed E-state index contributed by atoms with van der Waals surface area (Å²) in [5, 5.41) is 0. The normalized spacial score (nSPS) is 10.6. The van der Waals surface area contributed by atoms with Crippen LogP contribution in [0.2, 0.25) is 0 Å². The maximum atomic E-state index is 13.5. The van der Waals surface area contributed by atoms with Crippen molar-refractivity contribution in [3.63, 3.8) is 0 Å². The first-order chi connectivity index (χ1) is 9.63. The van der Waals surface area contributed by atoms with Gasteiger partial charge in [0.1, 0.15) is 5.82 Å². The molecular weight excluding hydrogens is 321 g/mol. The van der Waals surface area contributed by atoms with Crippen LogP contribution in [0.25, 0.3) is 0 Å². The van der Waals surface area contributed by atoms with Gasteiger partial charge in [0.25, 0.3) is 0 Å². The lowest BCUT2D eigenvalue weighted by molar-refractivity contribution is 0.0992. The molecule has 0 saturated heterocycles. The first kappa shape index (κ1) is 14.9. The van der Waals surface area contributed by atoms with Gasteiger partial charge in [-0.3, -0.25) is 4.79 Å². The van der Waals surface area contributed by atoms with Crippen LogP contribution in [-0.2, 0) is 12.8 Å². The molecule has 0 aliphatic heterocycles. The molecule has 0 spiro atoms. The van der Waals surface area contributed by atoms with Crippen molar-refractivity contribution in [2.45, 2.75) is 12.8 Å². The van der Waals surface area contributed by atoms with Crippen molar-refractivity contribution in [1.82, 2.24) is 0 Å². The van der Waals surface area contributed by atoms with E-state index in [2.05, 4.69) is 15.9 Å². The van der Waals surface area contributed by atoms with Gasteiger partial charge in [0.05, 0.1) is 4.47 Å². The fourth-order valence-corrected chi connectivity index (χ4v) is 2.52. The number of Topliss-reactive ketones (excluding diaryl/α,β-unsaturated/α-hetero) is 1. The minimum Gasteiger partial charge on any atom is -0.330 e. The number of halogens is 2. The Morgan fingerprint density at radius 2 is 1.80 bits per heavy atom. The molecule has 104 valence electrons. The fraction of sp³-hybridized carbons (Fsp3) is 0.188. The molecule has 2 aromatic carbocycles. The maximum Gasteiger partial charge on any atom is 0.167 e. The molecule has 2 aromatic rings. The molecule has 0 radical (unpaired) electrons. The van der Waals surface area contributed by atoms with Crippen LogP contribution >= 0.6 is 15.9 Å². The Labute approximate surface area is 125 Å². The molecule has 0 amide bonds. The molecule has 2 nitrogen and oxygen atoms in total. The molecule has 0 aliphatic carbocycles. The second kappa shape index (κ2) is 6.77. The summed E-state index contributed by atoms with van der Waals surface area (Å²) in [5.41, 5.74) is 7.81. The molecule has 2 rings (SSSR count). The average molecular weight is 336 g/mol. The van der Waals surface area contributed by atoms with E-state index in [4.69, 9.17) is 5.73 Å². The summed E-state index contributed by atoms with van der Waals surface area (Å²) in [7, 11) is 0. The summed E-state index contributed by atoms with van der Waals surface area (Å²) >= 11 is 3.18. The molecule has 0 fully saturated rings. The van der Waals surface area contributed by atoms with E-state index >= 15 is 0 Å². The number of nitrogens with two attached hydrogens (primary N) is 1. The van der Waals surface area contributed by atoms with E-state index in [0.29, 0.717) is 28.6 Å². The van der Waals surface area contributed by atoms with Gasteiger partial charge in [0.2, 0.25) is 0 Å². The summed E-state index contributed by atoms with van der Waals surface area (Å²) in [6.07, 6.45) is 0.826. The topological polar surface area (TPSA) is 43.1 Å². The van der Waals surface area contributed by atoms with Crippen molar-refractivity contribution in [3.8, 4) is 0 Å². The second-order valence-electron chi connectivity index (χ2n) is 4.51. The molecule has 0 aliphatic rings. The van der Waals surface area contributed by atoms with Gasteiger partial charge < -0.3 is 5.73 Å². The number of carbonyl (C=O) groups is 1. The third-order valence-electron chi connectivity index (χ3n) is 3.11. The summed E-state index contributed by atoms with van der Waals surface area (Å²) in [4.78, 5) is 12.4. The van der Waals surface area contributed by atoms with Crippen LogP contribution in [0.1, 0.15) is 21.5 Å². The second-order valence-corrected chi connectivity index (χ2v) is 5.30. The van der Waals surface area contributed by atoms with Crippen molar-refractivity contribution in [1.29, 1.82) is 0 Å². The van der Waals surface area contributed by atoms with E-state index in [0.717, 1.165) is 5.56 Å². The molecule has 0 saturated carbocycles. The fourth-order valence-electron chi connectivity index (χ4n) is 2.12. The van der Waals surface area contributed by atoms with Crippen LogP contribution in [0.3, 0.4) is 0 Å². The summed E-state index contributed by atoms with van der Waals surface area (Å²) in [6, 6.07) is 12.1. The van der Waals surface area contributed by atoms with Gasteiger partial charge in [0, 0.05) is 12.0 Å². The summed E-state index contributed by atoms with van der Waals surface area (Å²) < 4.78 is 13.8. The van der Waals surface area contributed by atoms with Crippen molar-refractivity contribution in [3.05, 3.63) is 69.4 Å². The lowest BCUT2D eigenvalue weighted by Gasteiger charge is -2.09. The number of hydrogen-bond donors (Lipinski definition) is 1. The summed E-state index contributed by atoms with van der Waals surface area (Å²) in [6.45, 7) is 0.494. The van der Waals surface area contributed by atoms with Crippen LogP contribution in [0.5, 0.6) is 0 Å². The molecule has 20 heavy (non-hydrogen) atoms. The van der Waals surface area contributed by atoms with E-state index in [9.17, 15) is 9.18 Å². The number of ketones is 1. The zero-order valence-corrected chi connectivity index (χ0v) is 12.5. The van der Waals surface area contributed by atoms with E-state index in [-0.39, 0.29) is 18.0 Å². The third-order valence-corrected chi connectivity index (χ3v) is 4.00. The third kappa shape index (κ3) is 3.32. The Bertz CT molecular complexity index is 628. The first-order valence-corrected chi connectivity index (χ1v) is 7.17.